The van der Waals surface area contributed by atoms with Gasteiger partial charge in [0.25, 0.3) is 0 Å². The second-order valence-electron chi connectivity index (χ2n) is 6.04. The molecule has 0 radical (unpaired) electrons. The van der Waals surface area contributed by atoms with E-state index in [0.717, 1.165) is 16.5 Å². The van der Waals surface area contributed by atoms with Crippen LogP contribution in [0.5, 0.6) is 0 Å². The van der Waals surface area contributed by atoms with Crippen LogP contribution in [0.4, 0.5) is 0 Å². The van der Waals surface area contributed by atoms with Crippen molar-refractivity contribution in [2.24, 2.45) is 0 Å². The van der Waals surface area contributed by atoms with E-state index in [1.54, 1.807) is 18.2 Å². The molecule has 0 spiro atoms. The molecule has 0 N–H and O–H groups in total. The van der Waals surface area contributed by atoms with E-state index >= 15 is 0 Å². The van der Waals surface area contributed by atoms with Crippen LogP contribution < -0.4 is 0 Å². The number of allylic oxidation sites excluding steroid dienone is 4. The van der Waals surface area contributed by atoms with Crippen molar-refractivity contribution in [2.75, 3.05) is 0 Å². The Morgan fingerprint density at radius 1 is 0.852 bits per heavy atom. The Hall–Kier alpha value is -3.30. The van der Waals surface area contributed by atoms with Gasteiger partial charge in [0.1, 0.15) is 0 Å². The Kier molecular flexibility index (Phi) is 4.53. The summed E-state index contributed by atoms with van der Waals surface area (Å²) < 4.78 is 0. The van der Waals surface area contributed by atoms with Gasteiger partial charge >= 0.3 is 0 Å². The molecule has 4 heteroatoms. The van der Waals surface area contributed by atoms with Crippen molar-refractivity contribution in [1.29, 1.82) is 0 Å². The quantitative estimate of drug-likeness (QED) is 0.315. The topological polar surface area (TPSA) is 38.7 Å². The van der Waals surface area contributed by atoms with Crippen molar-refractivity contribution in [3.05, 3.63) is 97.1 Å². The standard InChI is InChI=1S/C23H16ClN3/c1-3-7-15(4-2)21-25-22(27-23(24)26-21)18-12-13-20-17(14-18)11-10-16-8-5-6-9-19(16)20/h3-14H,1-2H2/b15-7+. The number of nitrogens with zero attached hydrogens (tertiary/aromatic N) is 3. The molecule has 1 aromatic heterocycles. The molecule has 1 heterocycles. The Morgan fingerprint density at radius 3 is 2.44 bits per heavy atom. The normalized spacial score (nSPS) is 11.7. The summed E-state index contributed by atoms with van der Waals surface area (Å²) in [5.74, 6) is 0.996. The lowest BCUT2D eigenvalue weighted by molar-refractivity contribution is 1.03. The molecule has 0 aliphatic rings. The minimum absolute atomic E-state index is 0.144. The second-order valence-corrected chi connectivity index (χ2v) is 6.37. The second kappa shape index (κ2) is 7.14. The average Bonchev–Trinajstić information content (AvgIpc) is 2.71. The molecule has 0 bridgehead atoms. The summed E-state index contributed by atoms with van der Waals surface area (Å²) in [6.45, 7) is 7.51. The lowest BCUT2D eigenvalue weighted by atomic mass is 10.00. The molecule has 130 valence electrons. The van der Waals surface area contributed by atoms with Gasteiger partial charge in [-0.1, -0.05) is 79.9 Å². The lowest BCUT2D eigenvalue weighted by Gasteiger charge is -2.08. The maximum absolute atomic E-state index is 6.15. The zero-order chi connectivity index (χ0) is 18.8. The fourth-order valence-electron chi connectivity index (χ4n) is 3.12. The zero-order valence-corrected chi connectivity index (χ0v) is 15.3. The minimum atomic E-state index is 0.144. The van der Waals surface area contributed by atoms with Gasteiger partial charge in [-0.25, -0.2) is 4.98 Å². The predicted molar refractivity (Wildman–Crippen MR) is 114 cm³/mol. The van der Waals surface area contributed by atoms with E-state index < -0.39 is 0 Å². The summed E-state index contributed by atoms with van der Waals surface area (Å²) in [6.07, 6.45) is 5.12. The first kappa shape index (κ1) is 17.1. The molecule has 27 heavy (non-hydrogen) atoms. The number of hydrogen-bond donors (Lipinski definition) is 0. The van der Waals surface area contributed by atoms with Crippen molar-refractivity contribution in [1.82, 2.24) is 15.0 Å². The van der Waals surface area contributed by atoms with Gasteiger partial charge in [0.2, 0.25) is 5.28 Å². The molecule has 3 nitrogen and oxygen atoms in total. The average molecular weight is 370 g/mol. The number of benzene rings is 3. The van der Waals surface area contributed by atoms with E-state index in [-0.39, 0.29) is 5.28 Å². The van der Waals surface area contributed by atoms with Crippen LogP contribution in [0, 0.1) is 0 Å². The smallest absolute Gasteiger partial charge is 0.208 e. The Balaban J connectivity index is 1.88. The van der Waals surface area contributed by atoms with Gasteiger partial charge in [-0.15, -0.1) is 0 Å². The summed E-state index contributed by atoms with van der Waals surface area (Å²) in [5, 5.41) is 4.89. The third-order valence-corrected chi connectivity index (χ3v) is 4.56. The molecule has 0 unspecified atom stereocenters. The van der Waals surface area contributed by atoms with E-state index in [9.17, 15) is 0 Å². The van der Waals surface area contributed by atoms with Crippen LogP contribution in [0.2, 0.25) is 5.28 Å². The molecular formula is C23H16ClN3. The predicted octanol–water partition coefficient (Wildman–Crippen LogP) is 6.25. The van der Waals surface area contributed by atoms with Crippen molar-refractivity contribution in [2.45, 2.75) is 0 Å². The number of rotatable bonds is 4. The summed E-state index contributed by atoms with van der Waals surface area (Å²) >= 11 is 6.15. The molecule has 0 aliphatic heterocycles. The molecule has 0 aliphatic carbocycles. The van der Waals surface area contributed by atoms with Gasteiger partial charge < -0.3 is 0 Å². The van der Waals surface area contributed by atoms with Crippen LogP contribution in [-0.4, -0.2) is 15.0 Å². The maximum Gasteiger partial charge on any atom is 0.226 e. The fourth-order valence-corrected chi connectivity index (χ4v) is 3.28. The Morgan fingerprint density at radius 2 is 1.63 bits per heavy atom. The SMILES string of the molecule is C=C/C=C(\C=C)c1nc(Cl)nc(-c2ccc3c(ccc4ccccc43)c2)n1. The Bertz CT molecular complexity index is 1220. The molecular weight excluding hydrogens is 354 g/mol. The first-order valence-corrected chi connectivity index (χ1v) is 8.86. The van der Waals surface area contributed by atoms with E-state index in [2.05, 4.69) is 70.6 Å². The number of hydrogen-bond acceptors (Lipinski definition) is 3. The van der Waals surface area contributed by atoms with Gasteiger partial charge in [-0.2, -0.15) is 9.97 Å². The minimum Gasteiger partial charge on any atom is -0.208 e. The van der Waals surface area contributed by atoms with Gasteiger partial charge in [0.05, 0.1) is 0 Å². The summed E-state index contributed by atoms with van der Waals surface area (Å²) in [6, 6.07) is 18.7. The monoisotopic (exact) mass is 369 g/mol. The molecule has 3 aromatic carbocycles. The van der Waals surface area contributed by atoms with E-state index in [1.807, 2.05) is 12.1 Å². The highest BCUT2D eigenvalue weighted by atomic mass is 35.5. The highest BCUT2D eigenvalue weighted by Gasteiger charge is 2.10. The number of halogens is 1. The van der Waals surface area contributed by atoms with Crippen LogP contribution in [0.25, 0.3) is 38.5 Å². The van der Waals surface area contributed by atoms with Gasteiger partial charge in [-0.05, 0) is 39.2 Å². The van der Waals surface area contributed by atoms with Gasteiger partial charge in [0, 0.05) is 11.1 Å². The van der Waals surface area contributed by atoms with Crippen molar-refractivity contribution < 1.29 is 0 Å². The van der Waals surface area contributed by atoms with Crippen LogP contribution in [0.3, 0.4) is 0 Å². The summed E-state index contributed by atoms with van der Waals surface area (Å²) in [7, 11) is 0. The zero-order valence-electron chi connectivity index (χ0n) is 14.6. The van der Waals surface area contributed by atoms with Gasteiger partial charge in [-0.3, -0.25) is 0 Å². The fraction of sp³-hybridized carbons (Fsp3) is 0. The van der Waals surface area contributed by atoms with Gasteiger partial charge in [0.15, 0.2) is 11.6 Å². The summed E-state index contributed by atoms with van der Waals surface area (Å²) in [5.41, 5.74) is 1.62. The highest BCUT2D eigenvalue weighted by molar-refractivity contribution is 6.28. The van der Waals surface area contributed by atoms with Crippen molar-refractivity contribution in [3.8, 4) is 11.4 Å². The first-order valence-electron chi connectivity index (χ1n) is 8.48. The largest absolute Gasteiger partial charge is 0.226 e. The summed E-state index contributed by atoms with van der Waals surface area (Å²) in [4.78, 5) is 13.1. The molecule has 0 fully saturated rings. The van der Waals surface area contributed by atoms with Crippen LogP contribution in [-0.2, 0) is 0 Å². The first-order chi connectivity index (χ1) is 13.2. The molecule has 0 saturated heterocycles. The molecule has 4 aromatic rings. The van der Waals surface area contributed by atoms with Crippen LogP contribution in [0.1, 0.15) is 5.82 Å². The van der Waals surface area contributed by atoms with Crippen molar-refractivity contribution >= 4 is 38.7 Å². The third-order valence-electron chi connectivity index (χ3n) is 4.39. The van der Waals surface area contributed by atoms with E-state index in [0.29, 0.717) is 11.6 Å². The number of aromatic nitrogens is 3. The maximum atomic E-state index is 6.15. The van der Waals surface area contributed by atoms with Crippen molar-refractivity contribution in [3.63, 3.8) is 0 Å². The number of fused-ring (bicyclic) bond motifs is 3. The molecule has 0 atom stereocenters. The highest BCUT2D eigenvalue weighted by Crippen LogP contribution is 2.29. The van der Waals surface area contributed by atoms with Crippen LogP contribution in [0.15, 0.2) is 86.0 Å². The third kappa shape index (κ3) is 3.25. The van der Waals surface area contributed by atoms with E-state index in [4.69, 9.17) is 11.6 Å². The molecule has 0 saturated carbocycles. The molecule has 0 amide bonds. The molecule has 4 rings (SSSR count). The Labute approximate surface area is 162 Å². The lowest BCUT2D eigenvalue weighted by Crippen LogP contribution is -1.99. The van der Waals surface area contributed by atoms with E-state index in [1.165, 1.54) is 16.2 Å². The van der Waals surface area contributed by atoms with Crippen LogP contribution >= 0.6 is 11.6 Å².